The molecule has 2 aliphatic rings. The Labute approximate surface area is 141 Å². The van der Waals surface area contributed by atoms with Gasteiger partial charge < -0.3 is 10.1 Å². The number of nitrogens with one attached hydrogen (secondary N) is 1. The van der Waals surface area contributed by atoms with Crippen molar-refractivity contribution in [2.75, 3.05) is 6.61 Å². The maximum atomic E-state index is 12.2. The van der Waals surface area contributed by atoms with E-state index in [2.05, 4.69) is 5.32 Å². The summed E-state index contributed by atoms with van der Waals surface area (Å²) in [5, 5.41) is 3.61. The zero-order chi connectivity index (χ0) is 16.4. The molecular weight excluding hydrogens is 314 g/mol. The number of carbonyl (C=O) groups is 2. The van der Waals surface area contributed by atoms with E-state index in [1.165, 1.54) is 19.3 Å². The predicted octanol–water partition coefficient (Wildman–Crippen LogP) is 3.86. The molecule has 1 N–H and O–H groups in total. The molecule has 0 unspecified atom stereocenters. The number of halogens is 1. The van der Waals surface area contributed by atoms with Crippen LogP contribution in [0.5, 0.6) is 5.75 Å². The molecule has 0 bridgehead atoms. The number of hydrogen-bond acceptors (Lipinski definition) is 3. The van der Waals surface area contributed by atoms with Crippen LogP contribution in [0.1, 0.15) is 67.3 Å². The Balaban J connectivity index is 1.65. The molecule has 0 saturated heterocycles. The number of hydrogen-bond donors (Lipinski definition) is 1. The largest absolute Gasteiger partial charge is 0.483 e. The molecule has 5 heteroatoms. The highest BCUT2D eigenvalue weighted by Crippen LogP contribution is 2.42. The van der Waals surface area contributed by atoms with Crippen molar-refractivity contribution in [3.8, 4) is 5.75 Å². The minimum atomic E-state index is -0.126. The Bertz CT molecular complexity index is 623. The van der Waals surface area contributed by atoms with Gasteiger partial charge in [-0.2, -0.15) is 0 Å². The van der Waals surface area contributed by atoms with Crippen molar-refractivity contribution in [2.24, 2.45) is 0 Å². The SMILES string of the molecule is C[C@@H]1CC(=O)c2c(OCC(=O)NC3CCCCC3)ccc(Cl)c21. The van der Waals surface area contributed by atoms with Crippen LogP contribution in [0.15, 0.2) is 12.1 Å². The van der Waals surface area contributed by atoms with Crippen molar-refractivity contribution >= 4 is 23.3 Å². The first-order valence-corrected chi connectivity index (χ1v) is 8.72. The summed E-state index contributed by atoms with van der Waals surface area (Å²) in [5.74, 6) is 0.485. The van der Waals surface area contributed by atoms with Gasteiger partial charge in [0.1, 0.15) is 5.75 Å². The van der Waals surface area contributed by atoms with Gasteiger partial charge in [-0.15, -0.1) is 0 Å². The highest BCUT2D eigenvalue weighted by atomic mass is 35.5. The molecule has 2 aliphatic carbocycles. The first-order chi connectivity index (χ1) is 11.1. The number of fused-ring (bicyclic) bond motifs is 1. The molecule has 1 atom stereocenters. The van der Waals surface area contributed by atoms with Crippen molar-refractivity contribution in [1.29, 1.82) is 0 Å². The third kappa shape index (κ3) is 3.52. The molecule has 0 radical (unpaired) electrons. The summed E-state index contributed by atoms with van der Waals surface area (Å²) in [5.41, 5.74) is 1.40. The van der Waals surface area contributed by atoms with Gasteiger partial charge in [0.2, 0.25) is 0 Å². The quantitative estimate of drug-likeness (QED) is 0.909. The van der Waals surface area contributed by atoms with E-state index in [1.54, 1.807) is 12.1 Å². The molecule has 0 heterocycles. The van der Waals surface area contributed by atoms with E-state index < -0.39 is 0 Å². The third-order valence-electron chi connectivity index (χ3n) is 4.75. The van der Waals surface area contributed by atoms with Crippen LogP contribution >= 0.6 is 11.6 Å². The van der Waals surface area contributed by atoms with Gasteiger partial charge in [-0.3, -0.25) is 9.59 Å². The zero-order valence-electron chi connectivity index (χ0n) is 13.4. The molecule has 1 amide bonds. The molecule has 23 heavy (non-hydrogen) atoms. The molecule has 4 nitrogen and oxygen atoms in total. The third-order valence-corrected chi connectivity index (χ3v) is 5.08. The first-order valence-electron chi connectivity index (χ1n) is 8.34. The van der Waals surface area contributed by atoms with Crippen molar-refractivity contribution < 1.29 is 14.3 Å². The van der Waals surface area contributed by atoms with Gasteiger partial charge >= 0.3 is 0 Å². The van der Waals surface area contributed by atoms with Gasteiger partial charge in [0, 0.05) is 17.5 Å². The fraction of sp³-hybridized carbons (Fsp3) is 0.556. The van der Waals surface area contributed by atoms with Crippen molar-refractivity contribution in [1.82, 2.24) is 5.32 Å². The number of amides is 1. The summed E-state index contributed by atoms with van der Waals surface area (Å²) in [6.45, 7) is 1.92. The molecule has 0 aliphatic heterocycles. The lowest BCUT2D eigenvalue weighted by Gasteiger charge is -2.22. The van der Waals surface area contributed by atoms with Crippen LogP contribution in [0.2, 0.25) is 5.02 Å². The number of rotatable bonds is 4. The number of ether oxygens (including phenoxy) is 1. The molecule has 3 rings (SSSR count). The molecule has 0 spiro atoms. The van der Waals surface area contributed by atoms with E-state index in [9.17, 15) is 9.59 Å². The van der Waals surface area contributed by atoms with Crippen LogP contribution in [0.4, 0.5) is 0 Å². The highest BCUT2D eigenvalue weighted by molar-refractivity contribution is 6.32. The van der Waals surface area contributed by atoms with Gasteiger partial charge in [0.15, 0.2) is 12.4 Å². The normalized spacial score (nSPS) is 21.1. The van der Waals surface area contributed by atoms with Gasteiger partial charge in [-0.1, -0.05) is 37.8 Å². The minimum absolute atomic E-state index is 0.0395. The van der Waals surface area contributed by atoms with E-state index >= 15 is 0 Å². The van der Waals surface area contributed by atoms with Gasteiger partial charge in [-0.25, -0.2) is 0 Å². The van der Waals surface area contributed by atoms with E-state index in [4.69, 9.17) is 16.3 Å². The number of benzene rings is 1. The Morgan fingerprint density at radius 1 is 1.30 bits per heavy atom. The van der Waals surface area contributed by atoms with E-state index in [0.717, 1.165) is 18.4 Å². The van der Waals surface area contributed by atoms with E-state index in [1.807, 2.05) is 6.92 Å². The van der Waals surface area contributed by atoms with E-state index in [0.29, 0.717) is 22.8 Å². The standard InChI is InChI=1S/C18H22ClNO3/c1-11-9-14(21)18-15(8-7-13(19)17(11)18)23-10-16(22)20-12-5-3-2-4-6-12/h7-8,11-12H,2-6,9-10H2,1H3,(H,20,22)/t11-/m1/s1. The molecule has 1 saturated carbocycles. The van der Waals surface area contributed by atoms with Crippen LogP contribution in [-0.4, -0.2) is 24.3 Å². The monoisotopic (exact) mass is 335 g/mol. The Morgan fingerprint density at radius 3 is 2.78 bits per heavy atom. The highest BCUT2D eigenvalue weighted by Gasteiger charge is 2.32. The van der Waals surface area contributed by atoms with Crippen LogP contribution < -0.4 is 10.1 Å². The molecular formula is C18H22ClNO3. The Hall–Kier alpha value is -1.55. The molecule has 1 aromatic carbocycles. The number of Topliss-reactive ketones (excluding diaryl/α,β-unsaturated/α-hetero) is 1. The second kappa shape index (κ2) is 6.91. The second-order valence-electron chi connectivity index (χ2n) is 6.55. The summed E-state index contributed by atoms with van der Waals surface area (Å²) >= 11 is 6.21. The lowest BCUT2D eigenvalue weighted by Crippen LogP contribution is -2.39. The average molecular weight is 336 g/mol. The maximum Gasteiger partial charge on any atom is 0.258 e. The van der Waals surface area contributed by atoms with Crippen molar-refractivity contribution in [2.45, 2.75) is 57.4 Å². The number of carbonyl (C=O) groups excluding carboxylic acids is 2. The van der Waals surface area contributed by atoms with Crippen LogP contribution in [0.25, 0.3) is 0 Å². The number of ketones is 1. The molecule has 124 valence electrons. The lowest BCUT2D eigenvalue weighted by molar-refractivity contribution is -0.124. The second-order valence-corrected chi connectivity index (χ2v) is 6.96. The molecule has 1 aromatic rings. The maximum absolute atomic E-state index is 12.2. The van der Waals surface area contributed by atoms with Crippen molar-refractivity contribution in [3.63, 3.8) is 0 Å². The van der Waals surface area contributed by atoms with Crippen LogP contribution in [-0.2, 0) is 4.79 Å². The summed E-state index contributed by atoms with van der Waals surface area (Å²) in [7, 11) is 0. The summed E-state index contributed by atoms with van der Waals surface area (Å²) in [6, 6.07) is 3.69. The van der Waals surface area contributed by atoms with Gasteiger partial charge in [-0.05, 0) is 36.5 Å². The van der Waals surface area contributed by atoms with Crippen LogP contribution in [0, 0.1) is 0 Å². The molecule has 0 aromatic heterocycles. The lowest BCUT2D eigenvalue weighted by atomic mass is 9.95. The minimum Gasteiger partial charge on any atom is -0.483 e. The Morgan fingerprint density at radius 2 is 2.04 bits per heavy atom. The fourth-order valence-electron chi connectivity index (χ4n) is 3.61. The topological polar surface area (TPSA) is 55.4 Å². The summed E-state index contributed by atoms with van der Waals surface area (Å²) < 4.78 is 5.63. The Kier molecular flexibility index (Phi) is 4.90. The zero-order valence-corrected chi connectivity index (χ0v) is 14.1. The smallest absolute Gasteiger partial charge is 0.258 e. The fourth-order valence-corrected chi connectivity index (χ4v) is 3.95. The van der Waals surface area contributed by atoms with Crippen LogP contribution in [0.3, 0.4) is 0 Å². The summed E-state index contributed by atoms with van der Waals surface area (Å²) in [6.07, 6.45) is 6.12. The van der Waals surface area contributed by atoms with Gasteiger partial charge in [0.05, 0.1) is 5.56 Å². The van der Waals surface area contributed by atoms with Crippen molar-refractivity contribution in [3.05, 3.63) is 28.3 Å². The molecule has 1 fully saturated rings. The average Bonchev–Trinajstić information content (AvgIpc) is 2.84. The predicted molar refractivity (Wildman–Crippen MR) is 89.3 cm³/mol. The van der Waals surface area contributed by atoms with Gasteiger partial charge in [0.25, 0.3) is 5.91 Å². The first kappa shape index (κ1) is 16.3. The summed E-state index contributed by atoms with van der Waals surface area (Å²) in [4.78, 5) is 24.2. The van der Waals surface area contributed by atoms with E-state index in [-0.39, 0.29) is 30.3 Å².